The molecule has 1 aromatic carbocycles. The van der Waals surface area contributed by atoms with Gasteiger partial charge in [-0.3, -0.25) is 0 Å². The fourth-order valence-electron chi connectivity index (χ4n) is 1.09. The van der Waals surface area contributed by atoms with Gasteiger partial charge in [0.15, 0.2) is 0 Å². The Bertz CT molecular complexity index is 352. The van der Waals surface area contributed by atoms with Crippen LogP contribution in [0.1, 0.15) is 5.56 Å². The molecule has 0 aliphatic rings. The van der Waals surface area contributed by atoms with Gasteiger partial charge in [-0.1, -0.05) is 6.07 Å². The van der Waals surface area contributed by atoms with Crippen molar-refractivity contribution in [2.75, 3.05) is 0 Å². The van der Waals surface area contributed by atoms with Crippen LogP contribution in [0.2, 0.25) is 0 Å². The Balaban J connectivity index is 2.86. The van der Waals surface area contributed by atoms with Crippen LogP contribution in [0, 0.1) is 4.91 Å². The lowest BCUT2D eigenvalue weighted by atomic mass is 10.1. The highest BCUT2D eigenvalue weighted by Gasteiger charge is 2.06. The molecule has 0 radical (unpaired) electrons. The van der Waals surface area contributed by atoms with Crippen LogP contribution in [-0.2, 0) is 11.2 Å². The number of nitrogens with two attached hydrogens (primary N) is 1. The molecule has 0 fully saturated rings. The predicted octanol–water partition coefficient (Wildman–Crippen LogP) is 0.859. The Hall–Kier alpha value is -1.75. The maximum Gasteiger partial charge on any atom is 0.149 e. The summed E-state index contributed by atoms with van der Waals surface area (Å²) in [5.41, 5.74) is 6.06. The summed E-state index contributed by atoms with van der Waals surface area (Å²) < 4.78 is 0. The van der Waals surface area contributed by atoms with Gasteiger partial charge in [0.1, 0.15) is 17.7 Å². The van der Waals surface area contributed by atoms with Crippen LogP contribution < -0.4 is 5.73 Å². The molecular formula is C9H10N2O3. The molecule has 0 amide bonds. The third-order valence-electron chi connectivity index (χ3n) is 1.78. The van der Waals surface area contributed by atoms with Crippen LogP contribution in [0.25, 0.3) is 0 Å². The standard InChI is InChI=1S/C9H10N2O3/c10-7(5-12)3-6-1-2-8(11-14)9(13)4-6/h1-2,4-5,7,13H,3,10H2. The lowest BCUT2D eigenvalue weighted by molar-refractivity contribution is -0.108. The second kappa shape index (κ2) is 4.48. The van der Waals surface area contributed by atoms with Gasteiger partial charge in [0.25, 0.3) is 0 Å². The Morgan fingerprint density at radius 2 is 2.29 bits per heavy atom. The van der Waals surface area contributed by atoms with Gasteiger partial charge >= 0.3 is 0 Å². The van der Waals surface area contributed by atoms with Crippen LogP contribution in [0.5, 0.6) is 5.75 Å². The molecule has 0 spiro atoms. The van der Waals surface area contributed by atoms with E-state index in [2.05, 4.69) is 5.18 Å². The largest absolute Gasteiger partial charge is 0.506 e. The van der Waals surface area contributed by atoms with E-state index in [9.17, 15) is 14.8 Å². The molecule has 1 aromatic rings. The Kier molecular flexibility index (Phi) is 3.30. The van der Waals surface area contributed by atoms with Crippen LogP contribution in [0.15, 0.2) is 23.4 Å². The van der Waals surface area contributed by atoms with Crippen LogP contribution >= 0.6 is 0 Å². The molecule has 1 rings (SSSR count). The molecular weight excluding hydrogens is 184 g/mol. The Morgan fingerprint density at radius 1 is 1.57 bits per heavy atom. The molecule has 1 unspecified atom stereocenters. The minimum atomic E-state index is -0.593. The van der Waals surface area contributed by atoms with Crippen molar-refractivity contribution in [1.82, 2.24) is 0 Å². The zero-order chi connectivity index (χ0) is 10.6. The van der Waals surface area contributed by atoms with Crippen molar-refractivity contribution < 1.29 is 9.90 Å². The number of phenols is 1. The van der Waals surface area contributed by atoms with E-state index in [4.69, 9.17) is 5.73 Å². The van der Waals surface area contributed by atoms with Gasteiger partial charge in [-0.05, 0) is 29.3 Å². The summed E-state index contributed by atoms with van der Waals surface area (Å²) >= 11 is 0. The first-order valence-electron chi connectivity index (χ1n) is 4.03. The number of aldehydes is 1. The molecule has 0 saturated heterocycles. The van der Waals surface area contributed by atoms with E-state index in [0.717, 1.165) is 0 Å². The molecule has 0 aliphatic heterocycles. The minimum Gasteiger partial charge on any atom is -0.506 e. The quantitative estimate of drug-likeness (QED) is 0.549. The minimum absolute atomic E-state index is 0.0200. The molecule has 1 atom stereocenters. The molecule has 74 valence electrons. The van der Waals surface area contributed by atoms with Crippen LogP contribution in [-0.4, -0.2) is 17.4 Å². The topological polar surface area (TPSA) is 92.8 Å². The highest BCUT2D eigenvalue weighted by molar-refractivity contribution is 5.59. The SMILES string of the molecule is NC(C=O)Cc1ccc(N=O)c(O)c1. The summed E-state index contributed by atoms with van der Waals surface area (Å²) in [6.07, 6.45) is 0.957. The van der Waals surface area contributed by atoms with Gasteiger partial charge in [0.05, 0.1) is 6.04 Å². The Morgan fingerprint density at radius 3 is 2.79 bits per heavy atom. The lowest BCUT2D eigenvalue weighted by Gasteiger charge is -2.04. The van der Waals surface area contributed by atoms with E-state index in [-0.39, 0.29) is 11.4 Å². The second-order valence-corrected chi connectivity index (χ2v) is 2.92. The van der Waals surface area contributed by atoms with Crippen molar-refractivity contribution >= 4 is 12.0 Å². The first-order valence-corrected chi connectivity index (χ1v) is 4.03. The van der Waals surface area contributed by atoms with Gasteiger partial charge < -0.3 is 15.6 Å². The summed E-state index contributed by atoms with van der Waals surface area (Å²) in [6.45, 7) is 0. The van der Waals surface area contributed by atoms with Crippen molar-refractivity contribution in [3.8, 4) is 5.75 Å². The highest BCUT2D eigenvalue weighted by atomic mass is 16.3. The fourth-order valence-corrected chi connectivity index (χ4v) is 1.09. The molecule has 5 nitrogen and oxygen atoms in total. The molecule has 5 heteroatoms. The molecule has 0 aromatic heterocycles. The smallest absolute Gasteiger partial charge is 0.149 e. The van der Waals surface area contributed by atoms with Gasteiger partial charge in [-0.25, -0.2) is 0 Å². The van der Waals surface area contributed by atoms with Gasteiger partial charge in [0.2, 0.25) is 0 Å². The molecule has 0 heterocycles. The number of aromatic hydroxyl groups is 1. The monoisotopic (exact) mass is 194 g/mol. The predicted molar refractivity (Wildman–Crippen MR) is 51.3 cm³/mol. The van der Waals surface area contributed by atoms with Crippen LogP contribution in [0.4, 0.5) is 5.69 Å². The number of carbonyl (C=O) groups excluding carboxylic acids is 1. The zero-order valence-corrected chi connectivity index (χ0v) is 7.38. The van der Waals surface area contributed by atoms with Crippen molar-refractivity contribution in [2.24, 2.45) is 10.9 Å². The molecule has 0 saturated carbocycles. The first kappa shape index (κ1) is 10.3. The molecule has 14 heavy (non-hydrogen) atoms. The average molecular weight is 194 g/mol. The molecule has 0 bridgehead atoms. The summed E-state index contributed by atoms with van der Waals surface area (Å²) in [5, 5.41) is 11.9. The molecule has 3 N–H and O–H groups in total. The number of benzene rings is 1. The Labute approximate surface area is 80.5 Å². The number of rotatable bonds is 4. The number of hydrogen-bond donors (Lipinski definition) is 2. The molecule has 0 aliphatic carbocycles. The highest BCUT2D eigenvalue weighted by Crippen LogP contribution is 2.26. The van der Waals surface area contributed by atoms with Crippen molar-refractivity contribution in [3.63, 3.8) is 0 Å². The van der Waals surface area contributed by atoms with E-state index >= 15 is 0 Å². The van der Waals surface area contributed by atoms with Crippen LogP contribution in [0.3, 0.4) is 0 Å². The first-order chi connectivity index (χ1) is 6.67. The second-order valence-electron chi connectivity index (χ2n) is 2.92. The zero-order valence-electron chi connectivity index (χ0n) is 7.38. The third-order valence-corrected chi connectivity index (χ3v) is 1.78. The average Bonchev–Trinajstić information content (AvgIpc) is 2.18. The van der Waals surface area contributed by atoms with Gasteiger partial charge in [0, 0.05) is 0 Å². The number of hydrogen-bond acceptors (Lipinski definition) is 5. The summed E-state index contributed by atoms with van der Waals surface area (Å²) in [4.78, 5) is 20.4. The maximum atomic E-state index is 10.3. The van der Waals surface area contributed by atoms with Gasteiger partial charge in [-0.15, -0.1) is 4.91 Å². The summed E-state index contributed by atoms with van der Waals surface area (Å²) in [6, 6.07) is 3.76. The maximum absolute atomic E-state index is 10.3. The van der Waals surface area contributed by atoms with Crippen molar-refractivity contribution in [1.29, 1.82) is 0 Å². The van der Waals surface area contributed by atoms with E-state index in [1.165, 1.54) is 12.1 Å². The van der Waals surface area contributed by atoms with E-state index in [1.54, 1.807) is 6.07 Å². The number of nitrogens with zero attached hydrogens (tertiary/aromatic N) is 1. The summed E-state index contributed by atoms with van der Waals surface area (Å²) in [5.74, 6) is -0.199. The van der Waals surface area contributed by atoms with Crippen molar-refractivity contribution in [3.05, 3.63) is 28.7 Å². The normalized spacial score (nSPS) is 12.1. The van der Waals surface area contributed by atoms with Gasteiger partial charge in [-0.2, -0.15) is 0 Å². The van der Waals surface area contributed by atoms with E-state index in [1.807, 2.05) is 0 Å². The lowest BCUT2D eigenvalue weighted by Crippen LogP contribution is -2.23. The third kappa shape index (κ3) is 2.37. The number of phenolic OH excluding ortho intramolecular Hbond substituents is 1. The van der Waals surface area contributed by atoms with E-state index in [0.29, 0.717) is 18.3 Å². The fraction of sp³-hybridized carbons (Fsp3) is 0.222. The summed E-state index contributed by atoms with van der Waals surface area (Å²) in [7, 11) is 0. The van der Waals surface area contributed by atoms with Crippen molar-refractivity contribution in [2.45, 2.75) is 12.5 Å². The number of carbonyl (C=O) groups is 1. The van der Waals surface area contributed by atoms with E-state index < -0.39 is 6.04 Å². The number of nitroso groups, excluding NO2 is 1.